The van der Waals surface area contributed by atoms with Crippen LogP contribution in [0.3, 0.4) is 0 Å². The Morgan fingerprint density at radius 1 is 1.00 bits per heavy atom. The third-order valence-corrected chi connectivity index (χ3v) is 3.11. The Hall–Kier alpha value is -1.57. The van der Waals surface area contributed by atoms with E-state index in [4.69, 9.17) is 0 Å². The molecule has 1 aromatic rings. The van der Waals surface area contributed by atoms with E-state index in [9.17, 15) is 9.90 Å². The lowest BCUT2D eigenvalue weighted by Gasteiger charge is -2.27. The van der Waals surface area contributed by atoms with Crippen molar-refractivity contribution in [2.75, 3.05) is 0 Å². The molecular formula is C17H23O2. The fourth-order valence-electron chi connectivity index (χ4n) is 2.12. The molecule has 103 valence electrons. The maximum absolute atomic E-state index is 10.4. The van der Waals surface area contributed by atoms with Crippen molar-refractivity contribution in [3.63, 3.8) is 0 Å². The van der Waals surface area contributed by atoms with Crippen molar-refractivity contribution < 1.29 is 9.90 Å². The number of aromatic hydroxyl groups is 1. The molecule has 0 atom stereocenters. The van der Waals surface area contributed by atoms with Gasteiger partial charge in [0.15, 0.2) is 0 Å². The number of phenols is 1. The van der Waals surface area contributed by atoms with Gasteiger partial charge in [-0.2, -0.15) is 0 Å². The molecule has 2 heteroatoms. The number of carbonyl (C=O) groups excluding carboxylic acids is 1. The molecule has 0 aliphatic heterocycles. The Kier molecular flexibility index (Phi) is 4.24. The van der Waals surface area contributed by atoms with Crippen molar-refractivity contribution in [1.29, 1.82) is 0 Å². The molecule has 1 radical (unpaired) electrons. The first kappa shape index (κ1) is 15.5. The van der Waals surface area contributed by atoms with Gasteiger partial charge in [0.05, 0.1) is 0 Å². The molecule has 0 saturated carbocycles. The molecule has 0 aliphatic carbocycles. The molecule has 0 saturated heterocycles. The zero-order valence-corrected chi connectivity index (χ0v) is 12.7. The molecule has 0 bridgehead atoms. The molecule has 1 aromatic carbocycles. The SMILES string of the molecule is CC(C)(C)c1cc(/C=C/[C]=O)c(C(C)(C)C)cc1O. The smallest absolute Gasteiger partial charge is 0.225 e. The lowest BCUT2D eigenvalue weighted by molar-refractivity contribution is 0.443. The third-order valence-electron chi connectivity index (χ3n) is 3.11. The fraction of sp³-hybridized carbons (Fsp3) is 0.471. The fourth-order valence-corrected chi connectivity index (χ4v) is 2.12. The quantitative estimate of drug-likeness (QED) is 0.811. The summed E-state index contributed by atoms with van der Waals surface area (Å²) in [6.07, 6.45) is 4.90. The molecule has 0 unspecified atom stereocenters. The monoisotopic (exact) mass is 259 g/mol. The van der Waals surface area contributed by atoms with Crippen LogP contribution in [0.5, 0.6) is 5.75 Å². The second kappa shape index (κ2) is 5.20. The zero-order chi connectivity index (χ0) is 14.8. The largest absolute Gasteiger partial charge is 0.508 e. The van der Waals surface area contributed by atoms with E-state index < -0.39 is 0 Å². The van der Waals surface area contributed by atoms with Gasteiger partial charge in [0.2, 0.25) is 6.29 Å². The van der Waals surface area contributed by atoms with Crippen molar-refractivity contribution in [1.82, 2.24) is 0 Å². The highest BCUT2D eigenvalue weighted by atomic mass is 16.3. The third kappa shape index (κ3) is 3.69. The second-order valence-electron chi connectivity index (χ2n) is 6.91. The van der Waals surface area contributed by atoms with Gasteiger partial charge in [-0.05, 0) is 45.7 Å². The highest BCUT2D eigenvalue weighted by Gasteiger charge is 2.24. The molecular weight excluding hydrogens is 236 g/mol. The summed E-state index contributed by atoms with van der Waals surface area (Å²) in [5.41, 5.74) is 2.61. The van der Waals surface area contributed by atoms with Crippen molar-refractivity contribution >= 4 is 12.4 Å². The average molecular weight is 259 g/mol. The second-order valence-corrected chi connectivity index (χ2v) is 6.91. The van der Waals surface area contributed by atoms with Gasteiger partial charge in [0.25, 0.3) is 0 Å². The summed E-state index contributed by atoms with van der Waals surface area (Å²) in [7, 11) is 0. The summed E-state index contributed by atoms with van der Waals surface area (Å²) in [6.45, 7) is 12.4. The minimum Gasteiger partial charge on any atom is -0.508 e. The van der Waals surface area contributed by atoms with Gasteiger partial charge in [-0.1, -0.05) is 47.6 Å². The summed E-state index contributed by atoms with van der Waals surface area (Å²) in [5.74, 6) is 0.310. The van der Waals surface area contributed by atoms with E-state index >= 15 is 0 Å². The van der Waals surface area contributed by atoms with Crippen LogP contribution in [0.2, 0.25) is 0 Å². The van der Waals surface area contributed by atoms with Crippen LogP contribution in [0.15, 0.2) is 18.2 Å². The minimum absolute atomic E-state index is 0.101. The topological polar surface area (TPSA) is 37.3 Å². The number of rotatable bonds is 2. The Balaban J connectivity index is 3.55. The first-order chi connectivity index (χ1) is 8.57. The molecule has 0 aromatic heterocycles. The number of allylic oxidation sites excluding steroid dienone is 1. The molecule has 1 N–H and O–H groups in total. The molecule has 0 heterocycles. The average Bonchev–Trinajstić information content (AvgIpc) is 2.24. The lowest BCUT2D eigenvalue weighted by atomic mass is 9.78. The highest BCUT2D eigenvalue weighted by Crippen LogP contribution is 2.37. The molecule has 0 aliphatic rings. The van der Waals surface area contributed by atoms with Crippen molar-refractivity contribution in [3.05, 3.63) is 34.9 Å². The predicted molar refractivity (Wildman–Crippen MR) is 80.2 cm³/mol. The van der Waals surface area contributed by atoms with Gasteiger partial charge < -0.3 is 5.11 Å². The Bertz CT molecular complexity index is 497. The van der Waals surface area contributed by atoms with Crippen LogP contribution < -0.4 is 0 Å². The Morgan fingerprint density at radius 3 is 1.95 bits per heavy atom. The highest BCUT2D eigenvalue weighted by molar-refractivity contribution is 5.76. The zero-order valence-electron chi connectivity index (χ0n) is 12.7. The van der Waals surface area contributed by atoms with Gasteiger partial charge in [0.1, 0.15) is 5.75 Å². The maximum Gasteiger partial charge on any atom is 0.225 e. The van der Waals surface area contributed by atoms with Crippen molar-refractivity contribution in [2.45, 2.75) is 52.4 Å². The lowest BCUT2D eigenvalue weighted by Crippen LogP contribution is -2.16. The Morgan fingerprint density at radius 2 is 1.53 bits per heavy atom. The van der Waals surface area contributed by atoms with E-state index in [-0.39, 0.29) is 10.8 Å². The predicted octanol–water partition coefficient (Wildman–Crippen LogP) is 4.11. The van der Waals surface area contributed by atoms with E-state index in [2.05, 4.69) is 41.5 Å². The van der Waals surface area contributed by atoms with Gasteiger partial charge in [-0.25, -0.2) is 0 Å². The van der Waals surface area contributed by atoms with Crippen molar-refractivity contribution in [3.8, 4) is 5.75 Å². The summed E-state index contributed by atoms with van der Waals surface area (Å²) in [6, 6.07) is 3.77. The molecule has 0 fully saturated rings. The normalized spacial score (nSPS) is 12.9. The summed E-state index contributed by atoms with van der Waals surface area (Å²) in [4.78, 5) is 10.4. The van der Waals surface area contributed by atoms with Crippen molar-refractivity contribution in [2.24, 2.45) is 0 Å². The first-order valence-corrected chi connectivity index (χ1v) is 6.49. The van der Waals surface area contributed by atoms with E-state index in [1.807, 2.05) is 12.1 Å². The van der Waals surface area contributed by atoms with Gasteiger partial charge in [0, 0.05) is 0 Å². The standard InChI is InChI=1S/C17H23O2/c1-16(2,3)13-11-15(19)14(17(4,5)6)10-12(13)8-7-9-18/h7-8,10-11,19H,1-6H3/b8-7+. The van der Waals surface area contributed by atoms with Crippen LogP contribution in [0.1, 0.15) is 58.2 Å². The van der Waals surface area contributed by atoms with Crippen LogP contribution in [0.25, 0.3) is 6.08 Å². The molecule has 1 rings (SSSR count). The van der Waals surface area contributed by atoms with Crippen LogP contribution in [0.4, 0.5) is 0 Å². The minimum atomic E-state index is -0.145. The van der Waals surface area contributed by atoms with Crippen LogP contribution in [-0.4, -0.2) is 11.4 Å². The van der Waals surface area contributed by atoms with E-state index in [1.165, 1.54) is 6.08 Å². The van der Waals surface area contributed by atoms with Gasteiger partial charge in [-0.3, -0.25) is 4.79 Å². The number of benzene rings is 1. The molecule has 2 nitrogen and oxygen atoms in total. The maximum atomic E-state index is 10.4. The summed E-state index contributed by atoms with van der Waals surface area (Å²) < 4.78 is 0. The Labute approximate surface area is 116 Å². The van der Waals surface area contributed by atoms with E-state index in [0.717, 1.165) is 16.7 Å². The molecule has 0 spiro atoms. The number of hydrogen-bond donors (Lipinski definition) is 1. The first-order valence-electron chi connectivity index (χ1n) is 6.49. The molecule has 19 heavy (non-hydrogen) atoms. The van der Waals surface area contributed by atoms with Gasteiger partial charge in [-0.15, -0.1) is 0 Å². The van der Waals surface area contributed by atoms with Crippen LogP contribution in [0, 0.1) is 0 Å². The van der Waals surface area contributed by atoms with E-state index in [1.54, 1.807) is 12.4 Å². The summed E-state index contributed by atoms with van der Waals surface area (Å²) in [5, 5.41) is 10.2. The van der Waals surface area contributed by atoms with Crippen LogP contribution in [-0.2, 0) is 15.6 Å². The van der Waals surface area contributed by atoms with Crippen LogP contribution >= 0.6 is 0 Å². The van der Waals surface area contributed by atoms with E-state index in [0.29, 0.717) is 5.75 Å². The number of phenolic OH excluding ortho intramolecular Hbond substituents is 1. The summed E-state index contributed by atoms with van der Waals surface area (Å²) >= 11 is 0. The number of hydrogen-bond acceptors (Lipinski definition) is 2. The molecule has 0 amide bonds. The van der Waals surface area contributed by atoms with Gasteiger partial charge >= 0.3 is 0 Å².